The quantitative estimate of drug-likeness (QED) is 0.856. The van der Waals surface area contributed by atoms with Gasteiger partial charge in [-0.15, -0.1) is 0 Å². The van der Waals surface area contributed by atoms with Gasteiger partial charge in [-0.3, -0.25) is 4.79 Å². The lowest BCUT2D eigenvalue weighted by Crippen LogP contribution is -2.14. The molecule has 3 N–H and O–H groups in total. The predicted octanol–water partition coefficient (Wildman–Crippen LogP) is 3.26. The normalized spacial score (nSPS) is 12.1. The highest BCUT2D eigenvalue weighted by molar-refractivity contribution is 6.02. The van der Waals surface area contributed by atoms with Crippen molar-refractivity contribution < 1.29 is 13.6 Å². The fraction of sp³-hybridized carbons (Fsp3) is 0.333. The molecular weight excluding hydrogens is 273 g/mol. The molecule has 1 heterocycles. The van der Waals surface area contributed by atoms with Gasteiger partial charge in [0.25, 0.3) is 5.91 Å². The summed E-state index contributed by atoms with van der Waals surface area (Å²) in [4.78, 5) is 16.1. The maximum Gasteiger partial charge on any atom is 0.277 e. The molecule has 0 aliphatic rings. The third kappa shape index (κ3) is 4.13. The van der Waals surface area contributed by atoms with E-state index in [0.717, 1.165) is 19.3 Å². The summed E-state index contributed by atoms with van der Waals surface area (Å²) in [6.45, 7) is 2.07. The molecule has 0 spiro atoms. The second kappa shape index (κ2) is 6.99. The molecule has 0 radical (unpaired) electrons. The SMILES string of the molecule is CCCCC(N)c1nc(C(=O)Nc2cccc(F)c2)co1. The highest BCUT2D eigenvalue weighted by Gasteiger charge is 2.16. The zero-order valence-electron chi connectivity index (χ0n) is 11.8. The Labute approximate surface area is 122 Å². The Morgan fingerprint density at radius 3 is 3.05 bits per heavy atom. The van der Waals surface area contributed by atoms with Crippen LogP contribution in [0.5, 0.6) is 0 Å². The molecule has 2 aromatic rings. The molecule has 2 rings (SSSR count). The molecule has 5 nitrogen and oxygen atoms in total. The lowest BCUT2D eigenvalue weighted by molar-refractivity contribution is 0.102. The lowest BCUT2D eigenvalue weighted by atomic mass is 10.1. The molecule has 1 unspecified atom stereocenters. The summed E-state index contributed by atoms with van der Waals surface area (Å²) in [5, 5.41) is 2.55. The van der Waals surface area contributed by atoms with Crippen LogP contribution in [0.15, 0.2) is 34.9 Å². The second-order valence-electron chi connectivity index (χ2n) is 4.78. The third-order valence-corrected chi connectivity index (χ3v) is 3.02. The lowest BCUT2D eigenvalue weighted by Gasteiger charge is -2.05. The zero-order valence-corrected chi connectivity index (χ0v) is 11.8. The average molecular weight is 291 g/mol. The summed E-state index contributed by atoms with van der Waals surface area (Å²) < 4.78 is 18.3. The van der Waals surface area contributed by atoms with Crippen LogP contribution in [-0.2, 0) is 0 Å². The number of halogens is 1. The standard InChI is InChI=1S/C15H18FN3O2/c1-2-3-7-12(17)15-19-13(9-21-15)14(20)18-11-6-4-5-10(16)8-11/h4-6,8-9,12H,2-3,7,17H2,1H3,(H,18,20). The van der Waals surface area contributed by atoms with Gasteiger partial charge >= 0.3 is 0 Å². The van der Waals surface area contributed by atoms with Crippen LogP contribution >= 0.6 is 0 Å². The largest absolute Gasteiger partial charge is 0.446 e. The number of nitrogens with one attached hydrogen (secondary N) is 1. The van der Waals surface area contributed by atoms with Crippen LogP contribution in [0.3, 0.4) is 0 Å². The van der Waals surface area contributed by atoms with E-state index in [-0.39, 0.29) is 11.7 Å². The van der Waals surface area contributed by atoms with Gasteiger partial charge in [0.1, 0.15) is 12.1 Å². The van der Waals surface area contributed by atoms with Crippen LogP contribution in [0.1, 0.15) is 48.6 Å². The smallest absolute Gasteiger partial charge is 0.277 e. The van der Waals surface area contributed by atoms with Crippen LogP contribution in [-0.4, -0.2) is 10.9 Å². The zero-order chi connectivity index (χ0) is 15.2. The van der Waals surface area contributed by atoms with Gasteiger partial charge in [-0.25, -0.2) is 9.37 Å². The van der Waals surface area contributed by atoms with E-state index in [2.05, 4.69) is 17.2 Å². The second-order valence-corrected chi connectivity index (χ2v) is 4.78. The van der Waals surface area contributed by atoms with Gasteiger partial charge in [0, 0.05) is 5.69 Å². The number of nitrogens with two attached hydrogens (primary N) is 1. The number of rotatable bonds is 6. The predicted molar refractivity (Wildman–Crippen MR) is 77.3 cm³/mol. The Morgan fingerprint density at radius 2 is 2.33 bits per heavy atom. The van der Waals surface area contributed by atoms with Crippen LogP contribution in [0.25, 0.3) is 0 Å². The van der Waals surface area contributed by atoms with E-state index in [1.54, 1.807) is 6.07 Å². The molecule has 0 fully saturated rings. The van der Waals surface area contributed by atoms with E-state index in [4.69, 9.17) is 10.2 Å². The van der Waals surface area contributed by atoms with Gasteiger partial charge in [-0.1, -0.05) is 25.8 Å². The Kier molecular flexibility index (Phi) is 5.05. The molecule has 1 aromatic heterocycles. The van der Waals surface area contributed by atoms with E-state index in [1.165, 1.54) is 24.5 Å². The van der Waals surface area contributed by atoms with Crippen molar-refractivity contribution in [3.8, 4) is 0 Å². The topological polar surface area (TPSA) is 81.1 Å². The molecule has 6 heteroatoms. The van der Waals surface area contributed by atoms with Gasteiger partial charge in [-0.2, -0.15) is 0 Å². The molecular formula is C15H18FN3O2. The average Bonchev–Trinajstić information content (AvgIpc) is 2.94. The van der Waals surface area contributed by atoms with Gasteiger partial charge in [0.2, 0.25) is 5.89 Å². The van der Waals surface area contributed by atoms with E-state index >= 15 is 0 Å². The first-order valence-electron chi connectivity index (χ1n) is 6.88. The summed E-state index contributed by atoms with van der Waals surface area (Å²) in [6.07, 6.45) is 4.01. The van der Waals surface area contributed by atoms with Crippen molar-refractivity contribution >= 4 is 11.6 Å². The minimum atomic E-state index is -0.460. The van der Waals surface area contributed by atoms with Crippen molar-refractivity contribution in [1.29, 1.82) is 0 Å². The van der Waals surface area contributed by atoms with Crippen molar-refractivity contribution in [3.63, 3.8) is 0 Å². The number of unbranched alkanes of at least 4 members (excludes halogenated alkanes) is 1. The first kappa shape index (κ1) is 15.2. The number of aromatic nitrogens is 1. The number of hydrogen-bond donors (Lipinski definition) is 2. The number of amides is 1. The monoisotopic (exact) mass is 291 g/mol. The minimum absolute atomic E-state index is 0.126. The van der Waals surface area contributed by atoms with Crippen LogP contribution in [0.4, 0.5) is 10.1 Å². The van der Waals surface area contributed by atoms with Crippen LogP contribution in [0, 0.1) is 5.82 Å². The number of carbonyl (C=O) groups excluding carboxylic acids is 1. The first-order chi connectivity index (χ1) is 10.1. The van der Waals surface area contributed by atoms with Crippen LogP contribution in [0.2, 0.25) is 0 Å². The highest BCUT2D eigenvalue weighted by Crippen LogP contribution is 2.17. The van der Waals surface area contributed by atoms with E-state index in [9.17, 15) is 9.18 Å². The molecule has 21 heavy (non-hydrogen) atoms. The Hall–Kier alpha value is -2.21. The summed E-state index contributed by atoms with van der Waals surface area (Å²) in [7, 11) is 0. The van der Waals surface area contributed by atoms with Gasteiger partial charge in [0.15, 0.2) is 5.69 Å². The minimum Gasteiger partial charge on any atom is -0.446 e. The molecule has 112 valence electrons. The molecule has 1 amide bonds. The molecule has 1 aromatic carbocycles. The summed E-state index contributed by atoms with van der Waals surface area (Å²) in [6, 6.07) is 5.32. The highest BCUT2D eigenvalue weighted by atomic mass is 19.1. The van der Waals surface area contributed by atoms with Crippen molar-refractivity contribution in [1.82, 2.24) is 4.98 Å². The summed E-state index contributed by atoms with van der Waals surface area (Å²) >= 11 is 0. The van der Waals surface area contributed by atoms with E-state index in [0.29, 0.717) is 11.6 Å². The van der Waals surface area contributed by atoms with E-state index < -0.39 is 11.7 Å². The van der Waals surface area contributed by atoms with E-state index in [1.807, 2.05) is 0 Å². The maximum atomic E-state index is 13.0. The summed E-state index contributed by atoms with van der Waals surface area (Å²) in [5.41, 5.74) is 6.42. The Balaban J connectivity index is 2.02. The molecule has 1 atom stereocenters. The van der Waals surface area contributed by atoms with Crippen molar-refractivity contribution in [2.75, 3.05) is 5.32 Å². The first-order valence-corrected chi connectivity index (χ1v) is 6.88. The Bertz CT molecular complexity index is 612. The summed E-state index contributed by atoms with van der Waals surface area (Å²) in [5.74, 6) is -0.540. The molecule has 0 aliphatic heterocycles. The Morgan fingerprint density at radius 1 is 1.52 bits per heavy atom. The molecule has 0 saturated carbocycles. The number of anilines is 1. The number of oxazole rings is 1. The molecule has 0 bridgehead atoms. The fourth-order valence-corrected chi connectivity index (χ4v) is 1.87. The van der Waals surface area contributed by atoms with Gasteiger partial charge in [0.05, 0.1) is 6.04 Å². The van der Waals surface area contributed by atoms with Crippen molar-refractivity contribution in [2.24, 2.45) is 5.73 Å². The molecule has 0 aliphatic carbocycles. The van der Waals surface area contributed by atoms with Crippen molar-refractivity contribution in [3.05, 3.63) is 47.9 Å². The fourth-order valence-electron chi connectivity index (χ4n) is 1.87. The van der Waals surface area contributed by atoms with Crippen LogP contribution < -0.4 is 11.1 Å². The number of hydrogen-bond acceptors (Lipinski definition) is 4. The van der Waals surface area contributed by atoms with Crippen molar-refractivity contribution in [2.45, 2.75) is 32.2 Å². The maximum absolute atomic E-state index is 13.0. The number of benzene rings is 1. The number of nitrogens with zero attached hydrogens (tertiary/aromatic N) is 1. The van der Waals surface area contributed by atoms with Gasteiger partial charge < -0.3 is 15.5 Å². The third-order valence-electron chi connectivity index (χ3n) is 3.02. The number of carbonyl (C=O) groups is 1. The molecule has 0 saturated heterocycles. The van der Waals surface area contributed by atoms with Gasteiger partial charge in [-0.05, 0) is 24.6 Å².